The summed E-state index contributed by atoms with van der Waals surface area (Å²) >= 11 is 0. The normalized spacial score (nSPS) is 39.1. The van der Waals surface area contributed by atoms with E-state index in [1.807, 2.05) is 0 Å². The highest BCUT2D eigenvalue weighted by atomic mass is 16.6. The Labute approximate surface area is 129 Å². The van der Waals surface area contributed by atoms with Crippen LogP contribution in [0.2, 0.25) is 0 Å². The molecule has 0 aromatic rings. The Morgan fingerprint density at radius 1 is 0.773 bits per heavy atom. The molecular weight excluding hydrogens is 292 g/mol. The Hall–Kier alpha value is -0.280. The second-order valence-electron chi connectivity index (χ2n) is 6.53. The predicted molar refractivity (Wildman–Crippen MR) is 73.7 cm³/mol. The van der Waals surface area contributed by atoms with Gasteiger partial charge in [0.15, 0.2) is 0 Å². The molecule has 4 fully saturated rings. The summed E-state index contributed by atoms with van der Waals surface area (Å²) in [6.07, 6.45) is 0.888. The minimum atomic E-state index is -0.602. The van der Waals surface area contributed by atoms with Gasteiger partial charge in [-0.05, 0) is 0 Å². The van der Waals surface area contributed by atoms with Crippen LogP contribution in [0.5, 0.6) is 0 Å². The van der Waals surface area contributed by atoms with Crippen molar-refractivity contribution in [2.45, 2.75) is 55.6 Å². The van der Waals surface area contributed by atoms with Gasteiger partial charge in [-0.15, -0.1) is 0 Å². The lowest BCUT2D eigenvalue weighted by molar-refractivity contribution is -0.131. The zero-order valence-electron chi connectivity index (χ0n) is 12.6. The van der Waals surface area contributed by atoms with E-state index < -0.39 is 6.10 Å². The maximum absolute atomic E-state index is 10.5. The molecule has 0 bridgehead atoms. The van der Waals surface area contributed by atoms with Crippen LogP contribution in [-0.4, -0.2) is 87.5 Å². The molecule has 0 amide bonds. The lowest BCUT2D eigenvalue weighted by Crippen LogP contribution is -2.44. The molecule has 126 valence electrons. The molecule has 4 rings (SSSR count). The average molecular weight is 316 g/mol. The molecule has 22 heavy (non-hydrogen) atoms. The van der Waals surface area contributed by atoms with Crippen LogP contribution in [0, 0.1) is 0 Å². The highest BCUT2D eigenvalue weighted by Crippen LogP contribution is 2.27. The fraction of sp³-hybridized carbons (Fsp3) is 1.00. The van der Waals surface area contributed by atoms with Gasteiger partial charge < -0.3 is 33.5 Å². The van der Waals surface area contributed by atoms with Crippen molar-refractivity contribution in [2.24, 2.45) is 0 Å². The Morgan fingerprint density at radius 3 is 1.82 bits per heavy atom. The minimum Gasteiger partial charge on any atom is -0.390 e. The van der Waals surface area contributed by atoms with E-state index in [2.05, 4.69) is 0 Å². The molecule has 4 saturated heterocycles. The van der Waals surface area contributed by atoms with E-state index in [-0.39, 0.29) is 36.6 Å². The van der Waals surface area contributed by atoms with Crippen LogP contribution in [-0.2, 0) is 28.4 Å². The van der Waals surface area contributed by atoms with Crippen LogP contribution in [0.1, 0.15) is 12.8 Å². The fourth-order valence-corrected chi connectivity index (χ4v) is 2.61. The smallest absolute Gasteiger partial charge is 0.110 e. The topological polar surface area (TPSA) is 88.8 Å². The summed E-state index contributed by atoms with van der Waals surface area (Å²) in [6, 6.07) is 0. The van der Waals surface area contributed by atoms with Gasteiger partial charge in [0.2, 0.25) is 0 Å². The molecule has 1 N–H and O–H groups in total. The number of rotatable bonds is 12. The maximum atomic E-state index is 10.5. The van der Waals surface area contributed by atoms with E-state index in [9.17, 15) is 5.11 Å². The van der Waals surface area contributed by atoms with Crippen LogP contribution in [0.25, 0.3) is 0 Å². The summed E-state index contributed by atoms with van der Waals surface area (Å²) in [5, 5.41) is 10.5. The van der Waals surface area contributed by atoms with Gasteiger partial charge in [-0.2, -0.15) is 0 Å². The second-order valence-corrected chi connectivity index (χ2v) is 6.53. The van der Waals surface area contributed by atoms with Crippen LogP contribution in [0.4, 0.5) is 0 Å². The number of ether oxygens (including phenoxy) is 6. The number of hydrogen-bond donors (Lipinski definition) is 1. The molecule has 4 aliphatic heterocycles. The van der Waals surface area contributed by atoms with Crippen LogP contribution >= 0.6 is 0 Å². The van der Waals surface area contributed by atoms with Gasteiger partial charge >= 0.3 is 0 Å². The molecule has 0 saturated carbocycles. The molecule has 7 heteroatoms. The first-order chi connectivity index (χ1) is 10.8. The number of hydrogen-bond acceptors (Lipinski definition) is 7. The Balaban J connectivity index is 1.35. The second kappa shape index (κ2) is 6.68. The zero-order chi connectivity index (χ0) is 14.9. The van der Waals surface area contributed by atoms with Crippen molar-refractivity contribution >= 4 is 0 Å². The highest BCUT2D eigenvalue weighted by Gasteiger charge is 2.40. The van der Waals surface area contributed by atoms with E-state index in [1.54, 1.807) is 0 Å². The van der Waals surface area contributed by atoms with E-state index in [1.165, 1.54) is 0 Å². The van der Waals surface area contributed by atoms with Crippen molar-refractivity contribution in [1.29, 1.82) is 0 Å². The summed E-state index contributed by atoms with van der Waals surface area (Å²) in [5.41, 5.74) is 0. The first-order valence-corrected chi connectivity index (χ1v) is 8.15. The minimum absolute atomic E-state index is 0.155. The summed E-state index contributed by atoms with van der Waals surface area (Å²) in [6.45, 7) is 4.03. The predicted octanol–water partition coefficient (Wildman–Crippen LogP) is -0.507. The molecule has 4 aliphatic rings. The SMILES string of the molecule is OC(CC1CO1)C(OCC1CO1)C(CC1CO1)OCC1CO1. The van der Waals surface area contributed by atoms with E-state index in [0.29, 0.717) is 19.6 Å². The quantitative estimate of drug-likeness (QED) is 0.485. The summed E-state index contributed by atoms with van der Waals surface area (Å²) < 4.78 is 32.9. The third-order valence-electron chi connectivity index (χ3n) is 4.33. The van der Waals surface area contributed by atoms with E-state index in [4.69, 9.17) is 28.4 Å². The Morgan fingerprint density at radius 2 is 1.27 bits per heavy atom. The van der Waals surface area contributed by atoms with Crippen molar-refractivity contribution in [1.82, 2.24) is 0 Å². The third kappa shape index (κ3) is 4.86. The van der Waals surface area contributed by atoms with Crippen molar-refractivity contribution in [3.05, 3.63) is 0 Å². The third-order valence-corrected chi connectivity index (χ3v) is 4.33. The number of aliphatic hydroxyl groups is 1. The molecule has 0 aromatic heterocycles. The van der Waals surface area contributed by atoms with Crippen molar-refractivity contribution in [3.8, 4) is 0 Å². The molecule has 0 aromatic carbocycles. The van der Waals surface area contributed by atoms with Crippen molar-refractivity contribution < 1.29 is 33.5 Å². The molecule has 0 aliphatic carbocycles. The van der Waals surface area contributed by atoms with Crippen molar-refractivity contribution in [2.75, 3.05) is 39.6 Å². The van der Waals surface area contributed by atoms with Gasteiger partial charge in [-0.25, -0.2) is 0 Å². The zero-order valence-corrected chi connectivity index (χ0v) is 12.6. The standard InChI is InChI=1S/C15H24O7/c16-13(1-9-3-17-9)15(22-8-12-6-20-12)14(2-10-4-18-10)21-7-11-5-19-11/h9-16H,1-8H2. The van der Waals surface area contributed by atoms with Crippen molar-refractivity contribution in [3.63, 3.8) is 0 Å². The Bertz CT molecular complexity index is 363. The molecule has 7 atom stereocenters. The monoisotopic (exact) mass is 316 g/mol. The molecule has 4 heterocycles. The molecule has 7 unspecified atom stereocenters. The van der Waals surface area contributed by atoms with Gasteiger partial charge in [0.05, 0.1) is 64.1 Å². The highest BCUT2D eigenvalue weighted by molar-refractivity contribution is 4.88. The fourth-order valence-electron chi connectivity index (χ4n) is 2.61. The molecular formula is C15H24O7. The van der Waals surface area contributed by atoms with E-state index >= 15 is 0 Å². The van der Waals surface area contributed by atoms with Gasteiger partial charge in [-0.3, -0.25) is 0 Å². The molecule has 7 nitrogen and oxygen atoms in total. The lowest BCUT2D eigenvalue weighted by atomic mass is 9.99. The number of aliphatic hydroxyl groups excluding tert-OH is 1. The largest absolute Gasteiger partial charge is 0.390 e. The van der Waals surface area contributed by atoms with Gasteiger partial charge in [0, 0.05) is 12.8 Å². The maximum Gasteiger partial charge on any atom is 0.110 e. The molecule has 0 spiro atoms. The first kappa shape index (κ1) is 15.3. The van der Waals surface area contributed by atoms with E-state index in [0.717, 1.165) is 32.8 Å². The van der Waals surface area contributed by atoms with Gasteiger partial charge in [-0.1, -0.05) is 0 Å². The Kier molecular flexibility index (Phi) is 4.64. The lowest BCUT2D eigenvalue weighted by Gasteiger charge is -2.30. The summed E-state index contributed by atoms with van der Waals surface area (Å²) in [7, 11) is 0. The number of epoxide rings is 4. The van der Waals surface area contributed by atoms with Crippen LogP contribution < -0.4 is 0 Å². The van der Waals surface area contributed by atoms with Crippen LogP contribution in [0.3, 0.4) is 0 Å². The molecule has 0 radical (unpaired) electrons. The van der Waals surface area contributed by atoms with Gasteiger partial charge in [0.1, 0.15) is 18.3 Å². The van der Waals surface area contributed by atoms with Gasteiger partial charge in [0.25, 0.3) is 0 Å². The average Bonchev–Trinajstić information content (AvgIpc) is 3.34. The first-order valence-electron chi connectivity index (χ1n) is 8.15. The summed E-state index contributed by atoms with van der Waals surface area (Å²) in [5.74, 6) is 0. The van der Waals surface area contributed by atoms with Crippen LogP contribution in [0.15, 0.2) is 0 Å². The summed E-state index contributed by atoms with van der Waals surface area (Å²) in [4.78, 5) is 0.